The molecule has 0 saturated heterocycles. The maximum absolute atomic E-state index is 3.92. The Balaban J connectivity index is 2.69. The van der Waals surface area contributed by atoms with Crippen molar-refractivity contribution in [3.8, 4) is 0 Å². The van der Waals surface area contributed by atoms with Gasteiger partial charge in [0, 0.05) is 17.8 Å². The molecule has 0 amide bonds. The highest BCUT2D eigenvalue weighted by atomic mass is 32.2. The lowest BCUT2D eigenvalue weighted by atomic mass is 9.98. The van der Waals surface area contributed by atoms with Gasteiger partial charge in [-0.3, -0.25) is 0 Å². The van der Waals surface area contributed by atoms with Crippen molar-refractivity contribution in [2.45, 2.75) is 13.8 Å². The first kappa shape index (κ1) is 5.82. The molecule has 44 valence electrons. The van der Waals surface area contributed by atoms with Crippen LogP contribution in [0.15, 0.2) is 8.80 Å². The molecular formula is C5H8N2S. The first-order valence-corrected chi connectivity index (χ1v) is 3.19. The van der Waals surface area contributed by atoms with Gasteiger partial charge in [-0.15, -0.1) is 0 Å². The Morgan fingerprint density at radius 3 is 2.00 bits per heavy atom. The molecule has 1 rings (SSSR count). The van der Waals surface area contributed by atoms with Crippen LogP contribution in [0.5, 0.6) is 0 Å². The fraction of sp³-hybridized carbons (Fsp3) is 0.600. The normalized spacial score (nSPS) is 23.8. The molecule has 0 radical (unpaired) electrons. The molecule has 0 unspecified atom stereocenters. The van der Waals surface area contributed by atoms with Gasteiger partial charge in [-0.2, -0.15) is 0 Å². The molecule has 0 aliphatic carbocycles. The van der Waals surface area contributed by atoms with E-state index in [0.29, 0.717) is 0 Å². The minimum Gasteiger partial charge on any atom is -0.205 e. The van der Waals surface area contributed by atoms with E-state index < -0.39 is 0 Å². The van der Waals surface area contributed by atoms with E-state index in [1.165, 1.54) is 12.1 Å². The summed E-state index contributed by atoms with van der Waals surface area (Å²) in [5.74, 6) is 0. The molecule has 3 heteroatoms. The number of hydrogen-bond acceptors (Lipinski definition) is 3. The van der Waals surface area contributed by atoms with E-state index in [2.05, 4.69) is 22.6 Å². The molecule has 0 aromatic heterocycles. The molecule has 0 N–H and O–H groups in total. The Hall–Kier alpha value is -0.310. The summed E-state index contributed by atoms with van der Waals surface area (Å²) in [4.78, 5) is 0. The van der Waals surface area contributed by atoms with Gasteiger partial charge in [-0.25, -0.2) is 8.80 Å². The zero-order valence-corrected chi connectivity index (χ0v) is 5.77. The van der Waals surface area contributed by atoms with Crippen molar-refractivity contribution in [3.05, 3.63) is 0 Å². The van der Waals surface area contributed by atoms with Crippen molar-refractivity contribution in [2.24, 2.45) is 14.2 Å². The fourth-order valence-electron chi connectivity index (χ4n) is 0.379. The molecule has 0 fully saturated rings. The van der Waals surface area contributed by atoms with Crippen molar-refractivity contribution >= 4 is 24.6 Å². The smallest absolute Gasteiger partial charge is 0.114 e. The second-order valence-electron chi connectivity index (χ2n) is 2.37. The van der Waals surface area contributed by atoms with E-state index >= 15 is 0 Å². The Morgan fingerprint density at radius 2 is 1.75 bits per heavy atom. The van der Waals surface area contributed by atoms with Crippen LogP contribution in [0.1, 0.15) is 13.8 Å². The molecule has 0 atom stereocenters. The van der Waals surface area contributed by atoms with Crippen molar-refractivity contribution in [2.75, 3.05) is 0 Å². The fourth-order valence-corrected chi connectivity index (χ4v) is 1.07. The average Bonchev–Trinajstić information content (AvgIpc) is 1.65. The molecule has 0 spiro atoms. The van der Waals surface area contributed by atoms with E-state index in [1.807, 2.05) is 12.4 Å². The molecule has 1 aliphatic heterocycles. The standard InChI is InChI=1S/C5H8N2S/c1-5(2)3-6-8-7-4-5/h3-4H,1-2H3. The van der Waals surface area contributed by atoms with E-state index in [0.717, 1.165) is 0 Å². The summed E-state index contributed by atoms with van der Waals surface area (Å²) in [6.45, 7) is 4.14. The lowest BCUT2D eigenvalue weighted by Gasteiger charge is -2.13. The van der Waals surface area contributed by atoms with Gasteiger partial charge in [0.15, 0.2) is 0 Å². The first-order chi connectivity index (χ1) is 3.71. The SMILES string of the molecule is CC1(C)C=NSN=C1. The van der Waals surface area contributed by atoms with Gasteiger partial charge < -0.3 is 0 Å². The van der Waals surface area contributed by atoms with E-state index in [4.69, 9.17) is 0 Å². The van der Waals surface area contributed by atoms with Crippen molar-refractivity contribution < 1.29 is 0 Å². The predicted octanol–water partition coefficient (Wildman–Crippen LogP) is 1.73. The Morgan fingerprint density at radius 1 is 1.25 bits per heavy atom. The summed E-state index contributed by atoms with van der Waals surface area (Å²) >= 11 is 1.24. The van der Waals surface area contributed by atoms with Crippen molar-refractivity contribution in [1.29, 1.82) is 0 Å². The largest absolute Gasteiger partial charge is 0.205 e. The Kier molecular flexibility index (Phi) is 1.38. The highest BCUT2D eigenvalue weighted by Gasteiger charge is 2.12. The van der Waals surface area contributed by atoms with Gasteiger partial charge in [0.2, 0.25) is 0 Å². The molecule has 0 aromatic carbocycles. The molecule has 0 bridgehead atoms. The molecule has 0 saturated carbocycles. The molecule has 1 heterocycles. The lowest BCUT2D eigenvalue weighted by molar-refractivity contribution is 0.767. The van der Waals surface area contributed by atoms with Gasteiger partial charge in [-0.05, 0) is 13.8 Å². The van der Waals surface area contributed by atoms with Crippen LogP contribution in [0.25, 0.3) is 0 Å². The predicted molar refractivity (Wildman–Crippen MR) is 38.4 cm³/mol. The first-order valence-electron chi connectivity index (χ1n) is 2.46. The third-order valence-electron chi connectivity index (χ3n) is 0.865. The molecule has 0 aromatic rings. The van der Waals surface area contributed by atoms with Crippen molar-refractivity contribution in [1.82, 2.24) is 0 Å². The van der Waals surface area contributed by atoms with Crippen molar-refractivity contribution in [3.63, 3.8) is 0 Å². The molecule has 1 aliphatic rings. The van der Waals surface area contributed by atoms with Gasteiger partial charge in [0.25, 0.3) is 0 Å². The highest BCUT2D eigenvalue weighted by Crippen LogP contribution is 2.17. The van der Waals surface area contributed by atoms with Gasteiger partial charge in [-0.1, -0.05) is 0 Å². The van der Waals surface area contributed by atoms with E-state index in [1.54, 1.807) is 0 Å². The van der Waals surface area contributed by atoms with Crippen LogP contribution in [0.3, 0.4) is 0 Å². The van der Waals surface area contributed by atoms with Gasteiger partial charge in [0.05, 0.1) is 0 Å². The monoisotopic (exact) mass is 128 g/mol. The van der Waals surface area contributed by atoms with Gasteiger partial charge in [0.1, 0.15) is 12.1 Å². The van der Waals surface area contributed by atoms with Crippen LogP contribution in [0.4, 0.5) is 0 Å². The second kappa shape index (κ2) is 1.90. The summed E-state index contributed by atoms with van der Waals surface area (Å²) < 4.78 is 7.85. The Labute approximate surface area is 53.4 Å². The number of hydrogen-bond donors (Lipinski definition) is 0. The molecule has 8 heavy (non-hydrogen) atoms. The number of nitrogens with zero attached hydrogens (tertiary/aromatic N) is 2. The van der Waals surface area contributed by atoms with Gasteiger partial charge >= 0.3 is 0 Å². The Bertz CT molecular complexity index is 123. The van der Waals surface area contributed by atoms with Crippen LogP contribution >= 0.6 is 12.1 Å². The van der Waals surface area contributed by atoms with Crippen LogP contribution in [-0.4, -0.2) is 12.4 Å². The minimum atomic E-state index is 0.0747. The van der Waals surface area contributed by atoms with Crippen LogP contribution in [0, 0.1) is 5.41 Å². The lowest BCUT2D eigenvalue weighted by Crippen LogP contribution is -2.15. The maximum Gasteiger partial charge on any atom is 0.114 e. The summed E-state index contributed by atoms with van der Waals surface area (Å²) in [7, 11) is 0. The topological polar surface area (TPSA) is 24.7 Å². The molecule has 2 nitrogen and oxygen atoms in total. The zero-order chi connectivity index (χ0) is 6.04. The highest BCUT2D eigenvalue weighted by molar-refractivity contribution is 7.97. The summed E-state index contributed by atoms with van der Waals surface area (Å²) in [5, 5.41) is 0. The number of rotatable bonds is 0. The quantitative estimate of drug-likeness (QED) is 0.456. The zero-order valence-electron chi connectivity index (χ0n) is 4.96. The molecular weight excluding hydrogens is 120 g/mol. The van der Waals surface area contributed by atoms with Crippen LogP contribution in [0.2, 0.25) is 0 Å². The minimum absolute atomic E-state index is 0.0747. The van der Waals surface area contributed by atoms with E-state index in [-0.39, 0.29) is 5.41 Å². The van der Waals surface area contributed by atoms with E-state index in [9.17, 15) is 0 Å². The average molecular weight is 128 g/mol. The second-order valence-corrected chi connectivity index (χ2v) is 2.96. The van der Waals surface area contributed by atoms with Crippen LogP contribution < -0.4 is 0 Å². The summed E-state index contributed by atoms with van der Waals surface area (Å²) in [6.07, 6.45) is 3.79. The summed E-state index contributed by atoms with van der Waals surface area (Å²) in [6, 6.07) is 0. The third kappa shape index (κ3) is 1.33. The maximum atomic E-state index is 3.92. The summed E-state index contributed by atoms with van der Waals surface area (Å²) in [5.41, 5.74) is 0.0747. The third-order valence-corrected chi connectivity index (χ3v) is 1.26. The van der Waals surface area contributed by atoms with Crippen LogP contribution in [-0.2, 0) is 0 Å².